The van der Waals surface area contributed by atoms with Crippen LogP contribution in [0.25, 0.3) is 0 Å². The van der Waals surface area contributed by atoms with E-state index in [2.05, 4.69) is 0 Å². The minimum atomic E-state index is -0.305. The van der Waals surface area contributed by atoms with Crippen LogP contribution in [0.5, 0.6) is 0 Å². The zero-order valence-electron chi connectivity index (χ0n) is 20.9. The van der Waals surface area contributed by atoms with Gasteiger partial charge in [-0.1, -0.05) is 26.0 Å². The molecule has 184 valence electrons. The second kappa shape index (κ2) is 11.6. The van der Waals surface area contributed by atoms with Crippen molar-refractivity contribution in [2.24, 2.45) is 5.41 Å². The van der Waals surface area contributed by atoms with Crippen molar-refractivity contribution in [1.82, 2.24) is 0 Å². The summed E-state index contributed by atoms with van der Waals surface area (Å²) in [7, 11) is 1.64. The normalized spacial score (nSPS) is 17.7. The quantitative estimate of drug-likeness (QED) is 0.428. The van der Waals surface area contributed by atoms with Gasteiger partial charge >= 0.3 is 0 Å². The third-order valence-electron chi connectivity index (χ3n) is 6.28. The molecule has 0 unspecified atom stereocenters. The smallest absolute Gasteiger partial charge is 0.189 e. The van der Waals surface area contributed by atoms with Crippen molar-refractivity contribution in [3.05, 3.63) is 58.7 Å². The van der Waals surface area contributed by atoms with Gasteiger partial charge in [0.1, 0.15) is 0 Å². The molecule has 0 fully saturated rings. The molecule has 0 heterocycles. The lowest BCUT2D eigenvalue weighted by molar-refractivity contribution is -0.115. The molecule has 0 aliphatic heterocycles. The van der Waals surface area contributed by atoms with Crippen LogP contribution in [0.4, 0.5) is 0 Å². The molecule has 0 saturated carbocycles. The third-order valence-corrected chi connectivity index (χ3v) is 6.28. The molecule has 6 nitrogen and oxygen atoms in total. The Hall–Kier alpha value is -2.70. The summed E-state index contributed by atoms with van der Waals surface area (Å²) in [5, 5.41) is 9.39. The van der Waals surface area contributed by atoms with Gasteiger partial charge in [0.2, 0.25) is 0 Å². The number of allylic oxidation sites excluding steroid dienone is 10. The van der Waals surface area contributed by atoms with Crippen molar-refractivity contribution >= 4 is 23.1 Å². The summed E-state index contributed by atoms with van der Waals surface area (Å²) in [5.41, 5.74) is 0.707. The maximum absolute atomic E-state index is 12.9. The lowest BCUT2D eigenvalue weighted by Gasteiger charge is -2.23. The van der Waals surface area contributed by atoms with E-state index in [1.165, 1.54) is 36.5 Å². The molecule has 1 N–H and O–H groups in total. The molecule has 2 aliphatic rings. The number of carbonyl (C=O) groups excluding carboxylic acids is 4. The van der Waals surface area contributed by atoms with Crippen LogP contribution < -0.4 is 0 Å². The van der Waals surface area contributed by atoms with Gasteiger partial charge in [0.05, 0.1) is 5.60 Å². The lowest BCUT2D eigenvalue weighted by atomic mass is 9.85. The number of aliphatic hydroxyl groups is 1. The summed E-state index contributed by atoms with van der Waals surface area (Å²) in [6.07, 6.45) is 11.8. The standard InChI is InChI=1S/C28H36O6/c1-27(2,18-29)12-6-8-19-14-23(30)16-21(25(19)32)10-11-22-17-24(31)15-20(26(22)33)9-7-13-28(3,4)34-5/h10-11,14-17,29H,6-9,12-13,18H2,1-5H3/b11-10-. The highest BCUT2D eigenvalue weighted by Gasteiger charge is 2.24. The Morgan fingerprint density at radius 1 is 0.765 bits per heavy atom. The first-order chi connectivity index (χ1) is 15.9. The van der Waals surface area contributed by atoms with Crippen molar-refractivity contribution in [1.29, 1.82) is 0 Å². The summed E-state index contributed by atoms with van der Waals surface area (Å²) in [4.78, 5) is 50.0. The summed E-state index contributed by atoms with van der Waals surface area (Å²) >= 11 is 0. The van der Waals surface area contributed by atoms with E-state index in [1.807, 2.05) is 27.7 Å². The fourth-order valence-electron chi connectivity index (χ4n) is 3.81. The molecular weight excluding hydrogens is 432 g/mol. The van der Waals surface area contributed by atoms with Crippen LogP contribution in [0.1, 0.15) is 66.2 Å². The number of ketones is 4. The van der Waals surface area contributed by atoms with Crippen molar-refractivity contribution in [2.45, 2.75) is 71.8 Å². The fraction of sp³-hybridized carbons (Fsp3) is 0.500. The molecule has 2 rings (SSSR count). The van der Waals surface area contributed by atoms with Crippen LogP contribution in [0.2, 0.25) is 0 Å². The number of rotatable bonds is 12. The SMILES string of the molecule is COC(C)(C)CCCC1=CC(=O)C=C(/C=C\C2=CC(=O)C=C(CCCC(C)(C)CO)C2=O)C1=O. The van der Waals surface area contributed by atoms with Gasteiger partial charge in [0.15, 0.2) is 23.1 Å². The number of ether oxygens (including phenoxy) is 1. The van der Waals surface area contributed by atoms with Crippen LogP contribution in [0.15, 0.2) is 58.7 Å². The Bertz CT molecular complexity index is 918. The van der Waals surface area contributed by atoms with E-state index < -0.39 is 0 Å². The highest BCUT2D eigenvalue weighted by atomic mass is 16.5. The Kier molecular flexibility index (Phi) is 9.42. The van der Waals surface area contributed by atoms with Crippen LogP contribution in [0.3, 0.4) is 0 Å². The molecule has 2 aliphatic carbocycles. The van der Waals surface area contributed by atoms with E-state index in [4.69, 9.17) is 4.74 Å². The number of Topliss-reactive ketones (excluding diaryl/α,β-unsaturated/α-hetero) is 2. The maximum atomic E-state index is 12.9. The van der Waals surface area contributed by atoms with Crippen LogP contribution in [-0.4, -0.2) is 47.6 Å². The highest BCUT2D eigenvalue weighted by Crippen LogP contribution is 2.27. The van der Waals surface area contributed by atoms with Gasteiger partial charge in [-0.15, -0.1) is 0 Å². The second-order valence-electron chi connectivity index (χ2n) is 10.3. The molecule has 0 radical (unpaired) electrons. The summed E-state index contributed by atoms with van der Waals surface area (Å²) in [6.45, 7) is 7.88. The minimum Gasteiger partial charge on any atom is -0.396 e. The van der Waals surface area contributed by atoms with Gasteiger partial charge in [0, 0.05) is 36.0 Å². The predicted molar refractivity (Wildman–Crippen MR) is 131 cm³/mol. The van der Waals surface area contributed by atoms with Gasteiger partial charge in [0.25, 0.3) is 0 Å². The second-order valence-corrected chi connectivity index (χ2v) is 10.3. The van der Waals surface area contributed by atoms with E-state index in [9.17, 15) is 24.3 Å². The Labute approximate surface area is 202 Å². The Balaban J connectivity index is 2.04. The third kappa shape index (κ3) is 7.96. The highest BCUT2D eigenvalue weighted by molar-refractivity contribution is 6.23. The monoisotopic (exact) mass is 468 g/mol. The Morgan fingerprint density at radius 3 is 1.62 bits per heavy atom. The summed E-state index contributed by atoms with van der Waals surface area (Å²) < 4.78 is 5.40. The predicted octanol–water partition coefficient (Wildman–Crippen LogP) is 4.34. The molecule has 0 aromatic carbocycles. The van der Waals surface area contributed by atoms with Crippen LogP contribution >= 0.6 is 0 Å². The van der Waals surface area contributed by atoms with Crippen LogP contribution in [-0.2, 0) is 23.9 Å². The molecule has 6 heteroatoms. The van der Waals surface area contributed by atoms with Crippen LogP contribution in [0, 0.1) is 5.41 Å². The molecule has 0 aromatic rings. The molecule has 0 saturated heterocycles. The molecular formula is C28H36O6. The van der Waals surface area contributed by atoms with E-state index >= 15 is 0 Å². The fourth-order valence-corrected chi connectivity index (χ4v) is 3.81. The average Bonchev–Trinajstić information content (AvgIpc) is 2.77. The number of aliphatic hydroxyl groups excluding tert-OH is 1. The van der Waals surface area contributed by atoms with Gasteiger partial charge in [-0.3, -0.25) is 19.2 Å². The van der Waals surface area contributed by atoms with Crippen molar-refractivity contribution in [3.63, 3.8) is 0 Å². The zero-order chi connectivity index (χ0) is 25.5. The topological polar surface area (TPSA) is 97.7 Å². The molecule has 0 spiro atoms. The molecule has 0 atom stereocenters. The van der Waals surface area contributed by atoms with Gasteiger partial charge in [-0.2, -0.15) is 0 Å². The first-order valence-electron chi connectivity index (χ1n) is 11.7. The van der Waals surface area contributed by atoms with Crippen molar-refractivity contribution in [2.75, 3.05) is 13.7 Å². The van der Waals surface area contributed by atoms with Crippen molar-refractivity contribution in [3.8, 4) is 0 Å². The number of hydrogen-bond donors (Lipinski definition) is 1. The van der Waals surface area contributed by atoms with E-state index in [0.717, 1.165) is 12.8 Å². The maximum Gasteiger partial charge on any atom is 0.189 e. The molecule has 0 bridgehead atoms. The zero-order valence-corrected chi connectivity index (χ0v) is 20.9. The number of carbonyl (C=O) groups is 4. The van der Waals surface area contributed by atoms with E-state index in [-0.39, 0.29) is 51.9 Å². The van der Waals surface area contributed by atoms with Gasteiger partial charge in [-0.05, 0) is 82.1 Å². The lowest BCUT2D eigenvalue weighted by Crippen LogP contribution is -2.22. The van der Waals surface area contributed by atoms with E-state index in [0.29, 0.717) is 36.8 Å². The molecule has 34 heavy (non-hydrogen) atoms. The van der Waals surface area contributed by atoms with E-state index in [1.54, 1.807) is 7.11 Å². The summed E-state index contributed by atoms with van der Waals surface area (Å²) in [6, 6.07) is 0. The Morgan fingerprint density at radius 2 is 1.21 bits per heavy atom. The van der Waals surface area contributed by atoms with Gasteiger partial charge in [-0.25, -0.2) is 0 Å². The molecule has 0 aromatic heterocycles. The number of methoxy groups -OCH3 is 1. The molecule has 0 amide bonds. The van der Waals surface area contributed by atoms with Gasteiger partial charge < -0.3 is 9.84 Å². The summed E-state index contributed by atoms with van der Waals surface area (Å²) in [5.74, 6) is -1.06. The first kappa shape index (κ1) is 27.5. The largest absolute Gasteiger partial charge is 0.396 e. The van der Waals surface area contributed by atoms with Crippen molar-refractivity contribution < 1.29 is 29.0 Å². The first-order valence-corrected chi connectivity index (χ1v) is 11.7. The minimum absolute atomic E-state index is 0.0508. The number of hydrogen-bond acceptors (Lipinski definition) is 6. The average molecular weight is 469 g/mol.